The highest BCUT2D eigenvalue weighted by Gasteiger charge is 2.20. The van der Waals surface area contributed by atoms with Crippen molar-refractivity contribution in [3.8, 4) is 11.5 Å². The minimum Gasteiger partial charge on any atom is -0.394 e. The fraction of sp³-hybridized carbons (Fsp3) is 0.333. The van der Waals surface area contributed by atoms with E-state index < -0.39 is 11.7 Å². The van der Waals surface area contributed by atoms with E-state index in [2.05, 4.69) is 25.4 Å². The number of pyridine rings is 1. The lowest BCUT2D eigenvalue weighted by atomic mass is 9.97. The Kier molecular flexibility index (Phi) is 5.56. The monoisotopic (exact) mass is 410 g/mol. The average Bonchev–Trinajstić information content (AvgIpc) is 3.23. The molecule has 0 spiro atoms. The Bertz CT molecular complexity index is 1080. The lowest BCUT2D eigenvalue weighted by Crippen LogP contribution is -2.27. The molecule has 0 saturated carbocycles. The van der Waals surface area contributed by atoms with Gasteiger partial charge in [-0.1, -0.05) is 6.07 Å². The van der Waals surface area contributed by atoms with Crippen molar-refractivity contribution in [2.45, 2.75) is 25.9 Å². The number of anilines is 1. The van der Waals surface area contributed by atoms with Crippen LogP contribution in [0.1, 0.15) is 34.5 Å². The maximum atomic E-state index is 14.6. The highest BCUT2D eigenvalue weighted by molar-refractivity contribution is 6.04. The Labute approximate surface area is 173 Å². The number of nitrogens with zero attached hydrogens (tertiary/aromatic N) is 5. The Hall–Kier alpha value is -3.17. The molecule has 4 rings (SSSR count). The standard InChI is InChI=1S/C21H23FN6O2/c1-13(11-29)28-12-23-26-20(28)18-4-3-5-19(24-18)25-21(30)16-8-15-10-27(2)7-6-14(15)9-17(16)22/h3-5,8-9,12-13,29H,6-7,10-11H2,1-2H3,(H,24,25,30). The van der Waals surface area contributed by atoms with Crippen molar-refractivity contribution in [1.29, 1.82) is 0 Å². The number of nitrogens with one attached hydrogen (secondary N) is 1. The van der Waals surface area contributed by atoms with Crippen LogP contribution in [-0.2, 0) is 13.0 Å². The van der Waals surface area contributed by atoms with Crippen LogP contribution < -0.4 is 5.32 Å². The number of rotatable bonds is 5. The van der Waals surface area contributed by atoms with Crippen molar-refractivity contribution in [3.05, 3.63) is 59.2 Å². The third-order valence-corrected chi connectivity index (χ3v) is 5.27. The zero-order valence-corrected chi connectivity index (χ0v) is 16.8. The largest absolute Gasteiger partial charge is 0.394 e. The number of amides is 1. The maximum Gasteiger partial charge on any atom is 0.259 e. The number of fused-ring (bicyclic) bond motifs is 1. The summed E-state index contributed by atoms with van der Waals surface area (Å²) in [6.45, 7) is 3.31. The van der Waals surface area contributed by atoms with Crippen LogP contribution in [0, 0.1) is 5.82 Å². The summed E-state index contributed by atoms with van der Waals surface area (Å²) in [7, 11) is 2.00. The molecule has 1 amide bonds. The van der Waals surface area contributed by atoms with Gasteiger partial charge in [0.15, 0.2) is 5.82 Å². The first-order valence-corrected chi connectivity index (χ1v) is 9.75. The quantitative estimate of drug-likeness (QED) is 0.670. The van der Waals surface area contributed by atoms with E-state index in [-0.39, 0.29) is 24.0 Å². The SMILES string of the molecule is CC(CO)n1cnnc1-c1cccc(NC(=O)c2cc3c(cc2F)CCN(C)C3)n1. The minimum atomic E-state index is -0.557. The molecule has 1 aromatic carbocycles. The normalized spacial score (nSPS) is 14.9. The molecule has 156 valence electrons. The number of carbonyl (C=O) groups excluding carboxylic acids is 1. The van der Waals surface area contributed by atoms with Crippen molar-refractivity contribution in [2.24, 2.45) is 0 Å². The van der Waals surface area contributed by atoms with Gasteiger partial charge in [-0.3, -0.25) is 4.79 Å². The summed E-state index contributed by atoms with van der Waals surface area (Å²) in [5, 5.41) is 20.0. The van der Waals surface area contributed by atoms with Gasteiger partial charge in [0, 0.05) is 13.1 Å². The van der Waals surface area contributed by atoms with Crippen LogP contribution in [0.5, 0.6) is 0 Å². The zero-order valence-electron chi connectivity index (χ0n) is 16.8. The number of hydrogen-bond acceptors (Lipinski definition) is 6. The number of aliphatic hydroxyl groups is 1. The number of aromatic nitrogens is 4. The molecule has 0 saturated heterocycles. The van der Waals surface area contributed by atoms with Gasteiger partial charge in [0.2, 0.25) is 0 Å². The number of halogens is 1. The number of aliphatic hydroxyl groups excluding tert-OH is 1. The van der Waals surface area contributed by atoms with Gasteiger partial charge in [-0.2, -0.15) is 0 Å². The summed E-state index contributed by atoms with van der Waals surface area (Å²) < 4.78 is 16.3. The van der Waals surface area contributed by atoms with Gasteiger partial charge in [-0.05, 0) is 55.8 Å². The second-order valence-electron chi connectivity index (χ2n) is 7.54. The molecule has 0 aliphatic carbocycles. The van der Waals surface area contributed by atoms with E-state index in [1.165, 1.54) is 12.4 Å². The second-order valence-corrected chi connectivity index (χ2v) is 7.54. The summed E-state index contributed by atoms with van der Waals surface area (Å²) in [6, 6.07) is 7.94. The molecule has 1 atom stereocenters. The first kappa shape index (κ1) is 20.1. The molecule has 2 aromatic heterocycles. The number of hydrogen-bond donors (Lipinski definition) is 2. The molecule has 1 aliphatic rings. The molecular formula is C21H23FN6O2. The molecule has 8 nitrogen and oxygen atoms in total. The number of carbonyl (C=O) groups is 1. The van der Waals surface area contributed by atoms with Crippen molar-refractivity contribution < 1.29 is 14.3 Å². The van der Waals surface area contributed by atoms with E-state index in [0.717, 1.165) is 24.1 Å². The fourth-order valence-electron chi connectivity index (χ4n) is 3.54. The van der Waals surface area contributed by atoms with Gasteiger partial charge < -0.3 is 19.9 Å². The van der Waals surface area contributed by atoms with Gasteiger partial charge in [0.1, 0.15) is 23.7 Å². The number of likely N-dealkylation sites (N-methyl/N-ethyl adjacent to an activating group) is 1. The second kappa shape index (κ2) is 8.29. The third kappa shape index (κ3) is 3.94. The van der Waals surface area contributed by atoms with E-state index in [1.54, 1.807) is 28.8 Å². The molecule has 1 unspecified atom stereocenters. The Morgan fingerprint density at radius 2 is 2.17 bits per heavy atom. The first-order valence-electron chi connectivity index (χ1n) is 9.75. The molecule has 30 heavy (non-hydrogen) atoms. The van der Waals surface area contributed by atoms with E-state index in [0.29, 0.717) is 18.1 Å². The summed E-state index contributed by atoms with van der Waals surface area (Å²) in [4.78, 5) is 19.3. The van der Waals surface area contributed by atoms with Crippen molar-refractivity contribution in [3.63, 3.8) is 0 Å². The molecule has 0 radical (unpaired) electrons. The van der Waals surface area contributed by atoms with Gasteiger partial charge >= 0.3 is 0 Å². The van der Waals surface area contributed by atoms with E-state index in [1.807, 2.05) is 14.0 Å². The maximum absolute atomic E-state index is 14.6. The molecule has 2 N–H and O–H groups in total. The van der Waals surface area contributed by atoms with Gasteiger partial charge in [-0.15, -0.1) is 10.2 Å². The summed E-state index contributed by atoms with van der Waals surface area (Å²) >= 11 is 0. The van der Waals surface area contributed by atoms with Crippen LogP contribution in [0.3, 0.4) is 0 Å². The molecule has 3 heterocycles. The average molecular weight is 410 g/mol. The first-order chi connectivity index (χ1) is 14.5. The predicted octanol–water partition coefficient (Wildman–Crippen LogP) is 2.27. The molecule has 1 aliphatic heterocycles. The zero-order chi connectivity index (χ0) is 21.3. The summed E-state index contributed by atoms with van der Waals surface area (Å²) in [6.07, 6.45) is 2.28. The van der Waals surface area contributed by atoms with E-state index in [4.69, 9.17) is 0 Å². The topological polar surface area (TPSA) is 96.2 Å². The molecular weight excluding hydrogens is 387 g/mol. The lowest BCUT2D eigenvalue weighted by molar-refractivity contribution is 0.102. The van der Waals surface area contributed by atoms with Gasteiger partial charge in [-0.25, -0.2) is 9.37 Å². The van der Waals surface area contributed by atoms with Gasteiger partial charge in [0.05, 0.1) is 18.2 Å². The number of benzene rings is 1. The third-order valence-electron chi connectivity index (χ3n) is 5.27. The smallest absolute Gasteiger partial charge is 0.259 e. The molecule has 0 bridgehead atoms. The molecule has 3 aromatic rings. The Morgan fingerprint density at radius 3 is 2.97 bits per heavy atom. The fourth-order valence-corrected chi connectivity index (χ4v) is 3.54. The van der Waals surface area contributed by atoms with Crippen LogP contribution in [0.4, 0.5) is 10.2 Å². The van der Waals surface area contributed by atoms with Crippen LogP contribution in [-0.4, -0.2) is 55.9 Å². The van der Waals surface area contributed by atoms with Crippen LogP contribution in [0.25, 0.3) is 11.5 Å². The van der Waals surface area contributed by atoms with E-state index >= 15 is 0 Å². The highest BCUT2D eigenvalue weighted by atomic mass is 19.1. The van der Waals surface area contributed by atoms with Crippen LogP contribution >= 0.6 is 0 Å². The van der Waals surface area contributed by atoms with Gasteiger partial charge in [0.25, 0.3) is 5.91 Å². The van der Waals surface area contributed by atoms with Crippen molar-refractivity contribution in [2.75, 3.05) is 25.5 Å². The minimum absolute atomic E-state index is 0.00618. The van der Waals surface area contributed by atoms with Crippen LogP contribution in [0.15, 0.2) is 36.7 Å². The van der Waals surface area contributed by atoms with E-state index in [9.17, 15) is 14.3 Å². The predicted molar refractivity (Wildman–Crippen MR) is 109 cm³/mol. The Morgan fingerprint density at radius 1 is 1.33 bits per heavy atom. The molecule has 0 fully saturated rings. The van der Waals surface area contributed by atoms with Crippen molar-refractivity contribution >= 4 is 11.7 Å². The summed E-state index contributed by atoms with van der Waals surface area (Å²) in [5.41, 5.74) is 2.38. The Balaban J connectivity index is 1.59. The lowest BCUT2D eigenvalue weighted by Gasteiger charge is -2.25. The summed E-state index contributed by atoms with van der Waals surface area (Å²) in [5.74, 6) is -0.351. The van der Waals surface area contributed by atoms with Crippen LogP contribution in [0.2, 0.25) is 0 Å². The molecule has 9 heteroatoms. The van der Waals surface area contributed by atoms with Crippen molar-refractivity contribution in [1.82, 2.24) is 24.6 Å². The highest BCUT2D eigenvalue weighted by Crippen LogP contribution is 2.24.